The fourth-order valence-electron chi connectivity index (χ4n) is 3.34. The molecule has 1 N–H and O–H groups in total. The van der Waals surface area contributed by atoms with Crippen molar-refractivity contribution in [3.63, 3.8) is 0 Å². The highest BCUT2D eigenvalue weighted by Crippen LogP contribution is 2.31. The largest absolute Gasteiger partial charge is 0.373 e. The Morgan fingerprint density at radius 2 is 1.63 bits per heavy atom. The molecule has 6 heteroatoms. The van der Waals surface area contributed by atoms with Gasteiger partial charge in [-0.2, -0.15) is 0 Å². The molecule has 30 heavy (non-hydrogen) atoms. The Balaban J connectivity index is 0.00000106. The van der Waals surface area contributed by atoms with E-state index in [1.165, 1.54) is 4.70 Å². The zero-order valence-corrected chi connectivity index (χ0v) is 18.3. The van der Waals surface area contributed by atoms with E-state index in [2.05, 4.69) is 45.6 Å². The SMILES string of the molecule is CC.CNc1nc(-c2cccnc2)nc2ccc(-c3ccc4sc(C)nc4c3)cc12. The lowest BCUT2D eigenvalue weighted by Gasteiger charge is -2.10. The fourth-order valence-corrected chi connectivity index (χ4v) is 4.15. The quantitative estimate of drug-likeness (QED) is 0.374. The first-order valence-electron chi connectivity index (χ1n) is 9.99. The monoisotopic (exact) mass is 413 g/mol. The highest BCUT2D eigenvalue weighted by molar-refractivity contribution is 7.18. The predicted molar refractivity (Wildman–Crippen MR) is 127 cm³/mol. The minimum absolute atomic E-state index is 0.664. The maximum absolute atomic E-state index is 4.74. The van der Waals surface area contributed by atoms with Gasteiger partial charge >= 0.3 is 0 Å². The van der Waals surface area contributed by atoms with Crippen LogP contribution in [0.1, 0.15) is 18.9 Å². The summed E-state index contributed by atoms with van der Waals surface area (Å²) < 4.78 is 1.21. The van der Waals surface area contributed by atoms with Crippen molar-refractivity contribution in [2.45, 2.75) is 20.8 Å². The molecule has 0 saturated heterocycles. The van der Waals surface area contributed by atoms with Crippen LogP contribution in [0.3, 0.4) is 0 Å². The van der Waals surface area contributed by atoms with Gasteiger partial charge in [-0.05, 0) is 54.4 Å². The van der Waals surface area contributed by atoms with E-state index in [-0.39, 0.29) is 0 Å². The number of pyridine rings is 1. The van der Waals surface area contributed by atoms with Gasteiger partial charge in [0.15, 0.2) is 5.82 Å². The highest BCUT2D eigenvalue weighted by atomic mass is 32.1. The second-order valence-corrected chi connectivity index (χ2v) is 7.77. The zero-order chi connectivity index (χ0) is 21.1. The molecule has 0 aliphatic rings. The normalized spacial score (nSPS) is 10.7. The second-order valence-electron chi connectivity index (χ2n) is 6.53. The summed E-state index contributed by atoms with van der Waals surface area (Å²) in [6.07, 6.45) is 3.52. The van der Waals surface area contributed by atoms with Crippen molar-refractivity contribution in [2.24, 2.45) is 0 Å². The van der Waals surface area contributed by atoms with E-state index in [9.17, 15) is 0 Å². The molecule has 0 aliphatic carbocycles. The number of anilines is 1. The van der Waals surface area contributed by atoms with Crippen LogP contribution < -0.4 is 5.32 Å². The smallest absolute Gasteiger partial charge is 0.163 e. The number of hydrogen-bond donors (Lipinski definition) is 1. The summed E-state index contributed by atoms with van der Waals surface area (Å²) in [7, 11) is 1.88. The molecule has 3 heterocycles. The third-order valence-corrected chi connectivity index (χ3v) is 5.63. The first-order chi connectivity index (χ1) is 14.7. The molecular formula is C24H23N5S. The summed E-state index contributed by atoms with van der Waals surface area (Å²) in [5.41, 5.74) is 5.09. The molecule has 0 bridgehead atoms. The lowest BCUT2D eigenvalue weighted by molar-refractivity contribution is 1.20. The minimum Gasteiger partial charge on any atom is -0.373 e. The molecule has 0 spiro atoms. The van der Waals surface area contributed by atoms with Crippen molar-refractivity contribution >= 4 is 38.3 Å². The van der Waals surface area contributed by atoms with Gasteiger partial charge in [-0.25, -0.2) is 15.0 Å². The van der Waals surface area contributed by atoms with Crippen molar-refractivity contribution in [3.05, 3.63) is 65.9 Å². The Labute approximate surface area is 179 Å². The van der Waals surface area contributed by atoms with Gasteiger partial charge in [0, 0.05) is 30.4 Å². The van der Waals surface area contributed by atoms with Gasteiger partial charge in [0.2, 0.25) is 0 Å². The zero-order valence-electron chi connectivity index (χ0n) is 17.5. The van der Waals surface area contributed by atoms with Gasteiger partial charge in [0.05, 0.1) is 20.7 Å². The van der Waals surface area contributed by atoms with Gasteiger partial charge < -0.3 is 5.32 Å². The number of thiazole rings is 1. The Morgan fingerprint density at radius 1 is 0.833 bits per heavy atom. The molecule has 0 radical (unpaired) electrons. The van der Waals surface area contributed by atoms with E-state index in [0.717, 1.165) is 43.9 Å². The van der Waals surface area contributed by atoms with Crippen LogP contribution in [0.25, 0.3) is 43.6 Å². The lowest BCUT2D eigenvalue weighted by atomic mass is 10.0. The standard InChI is InChI=1S/C22H17N5S.C2H6/c1-13-25-19-11-15(6-8-20(19)28-13)14-5-7-18-17(10-14)22(23-2)27-21(26-18)16-4-3-9-24-12-16;1-2/h3-12H,1-2H3,(H,23,26,27);1-2H3. The molecular weight excluding hydrogens is 390 g/mol. The van der Waals surface area contributed by atoms with E-state index in [1.807, 2.05) is 46.0 Å². The summed E-state index contributed by atoms with van der Waals surface area (Å²) in [4.78, 5) is 18.2. The van der Waals surface area contributed by atoms with Crippen LogP contribution in [0.2, 0.25) is 0 Å². The molecule has 5 nitrogen and oxygen atoms in total. The molecule has 5 rings (SSSR count). The number of hydrogen-bond acceptors (Lipinski definition) is 6. The van der Waals surface area contributed by atoms with Crippen LogP contribution in [0.5, 0.6) is 0 Å². The van der Waals surface area contributed by atoms with Crippen molar-refractivity contribution < 1.29 is 0 Å². The molecule has 150 valence electrons. The van der Waals surface area contributed by atoms with E-state index in [0.29, 0.717) is 5.82 Å². The average Bonchev–Trinajstić information content (AvgIpc) is 3.19. The third-order valence-electron chi connectivity index (χ3n) is 4.68. The maximum atomic E-state index is 4.74. The number of aryl methyl sites for hydroxylation is 1. The lowest BCUT2D eigenvalue weighted by Crippen LogP contribution is -1.99. The topological polar surface area (TPSA) is 63.6 Å². The molecule has 0 aliphatic heterocycles. The number of benzene rings is 2. The summed E-state index contributed by atoms with van der Waals surface area (Å²) in [6, 6.07) is 16.6. The Morgan fingerprint density at radius 3 is 2.40 bits per heavy atom. The summed E-state index contributed by atoms with van der Waals surface area (Å²) >= 11 is 1.72. The maximum Gasteiger partial charge on any atom is 0.163 e. The number of fused-ring (bicyclic) bond motifs is 2. The first-order valence-corrected chi connectivity index (χ1v) is 10.8. The molecule has 0 unspecified atom stereocenters. The average molecular weight is 414 g/mol. The molecule has 2 aromatic carbocycles. The van der Waals surface area contributed by atoms with Gasteiger partial charge in [0.1, 0.15) is 5.82 Å². The Bertz CT molecular complexity index is 1310. The molecule has 0 amide bonds. The van der Waals surface area contributed by atoms with Crippen molar-refractivity contribution in [2.75, 3.05) is 12.4 Å². The number of rotatable bonds is 3. The van der Waals surface area contributed by atoms with Crippen molar-refractivity contribution in [1.82, 2.24) is 19.9 Å². The second kappa shape index (κ2) is 8.55. The molecule has 0 saturated carbocycles. The third kappa shape index (κ3) is 3.74. The summed E-state index contributed by atoms with van der Waals surface area (Å²) in [6.45, 7) is 6.04. The predicted octanol–water partition coefficient (Wildman–Crippen LogP) is 6.34. The molecule has 0 fully saturated rings. The molecule has 0 atom stereocenters. The summed E-state index contributed by atoms with van der Waals surface area (Å²) in [5, 5.41) is 5.28. The molecule has 3 aromatic heterocycles. The van der Waals surface area contributed by atoms with E-state index in [1.54, 1.807) is 23.7 Å². The van der Waals surface area contributed by atoms with Crippen LogP contribution in [0.15, 0.2) is 60.9 Å². The highest BCUT2D eigenvalue weighted by Gasteiger charge is 2.11. The minimum atomic E-state index is 0.664. The van der Waals surface area contributed by atoms with Crippen molar-refractivity contribution in [1.29, 1.82) is 0 Å². The van der Waals surface area contributed by atoms with Gasteiger partial charge in [-0.15, -0.1) is 11.3 Å². The van der Waals surface area contributed by atoms with Crippen molar-refractivity contribution in [3.8, 4) is 22.5 Å². The van der Waals surface area contributed by atoms with Crippen LogP contribution in [0.4, 0.5) is 5.82 Å². The van der Waals surface area contributed by atoms with Gasteiger partial charge in [-0.1, -0.05) is 26.0 Å². The van der Waals surface area contributed by atoms with Crippen LogP contribution in [-0.2, 0) is 0 Å². The Kier molecular flexibility index (Phi) is 5.68. The van der Waals surface area contributed by atoms with E-state index >= 15 is 0 Å². The van der Waals surface area contributed by atoms with Crippen LogP contribution >= 0.6 is 11.3 Å². The Hall–Kier alpha value is -3.38. The van der Waals surface area contributed by atoms with Gasteiger partial charge in [0.25, 0.3) is 0 Å². The van der Waals surface area contributed by atoms with E-state index in [4.69, 9.17) is 9.97 Å². The van der Waals surface area contributed by atoms with Gasteiger partial charge in [-0.3, -0.25) is 4.98 Å². The van der Waals surface area contributed by atoms with E-state index < -0.39 is 0 Å². The number of aromatic nitrogens is 4. The first kappa shape index (κ1) is 19.9. The number of nitrogens with zero attached hydrogens (tertiary/aromatic N) is 4. The molecule has 5 aromatic rings. The van der Waals surface area contributed by atoms with Crippen LogP contribution in [0, 0.1) is 6.92 Å². The fraction of sp³-hybridized carbons (Fsp3) is 0.167. The summed E-state index contributed by atoms with van der Waals surface area (Å²) in [5.74, 6) is 1.47. The number of nitrogens with one attached hydrogen (secondary N) is 1. The van der Waals surface area contributed by atoms with Crippen LogP contribution in [-0.4, -0.2) is 27.0 Å².